The van der Waals surface area contributed by atoms with Gasteiger partial charge < -0.3 is 11.5 Å². The molecule has 5 heteroatoms. The maximum Gasteiger partial charge on any atom is 0.251 e. The van der Waals surface area contributed by atoms with Gasteiger partial charge in [0.25, 0.3) is 5.91 Å². The van der Waals surface area contributed by atoms with Gasteiger partial charge in [0.1, 0.15) is 11.6 Å². The molecule has 2 aromatic rings. The van der Waals surface area contributed by atoms with E-state index in [0.717, 1.165) is 18.2 Å². The number of nitrogen functional groups attached to an aromatic ring is 1. The van der Waals surface area contributed by atoms with Crippen molar-refractivity contribution in [1.29, 1.82) is 0 Å². The molecule has 92 valence electrons. The van der Waals surface area contributed by atoms with Crippen LogP contribution >= 0.6 is 0 Å². The van der Waals surface area contributed by atoms with Crippen molar-refractivity contribution in [2.75, 3.05) is 5.73 Å². The lowest BCUT2D eigenvalue weighted by atomic mass is 9.97. The van der Waals surface area contributed by atoms with E-state index in [1.165, 1.54) is 12.1 Å². The summed E-state index contributed by atoms with van der Waals surface area (Å²) in [5.41, 5.74) is 11.6. The maximum absolute atomic E-state index is 13.2. The fourth-order valence-electron chi connectivity index (χ4n) is 1.80. The van der Waals surface area contributed by atoms with Gasteiger partial charge in [-0.05, 0) is 29.3 Å². The second-order valence-electron chi connectivity index (χ2n) is 3.79. The van der Waals surface area contributed by atoms with Crippen molar-refractivity contribution in [2.24, 2.45) is 5.73 Å². The molecule has 0 aliphatic rings. The van der Waals surface area contributed by atoms with Gasteiger partial charge in [-0.2, -0.15) is 0 Å². The summed E-state index contributed by atoms with van der Waals surface area (Å²) in [5, 5.41) is 0. The number of rotatable bonds is 2. The van der Waals surface area contributed by atoms with E-state index in [2.05, 4.69) is 0 Å². The molecule has 0 aliphatic carbocycles. The smallest absolute Gasteiger partial charge is 0.251 e. The Labute approximate surface area is 102 Å². The molecular formula is C13H10F2N2O. The molecule has 0 saturated heterocycles. The summed E-state index contributed by atoms with van der Waals surface area (Å²) in [4.78, 5) is 11.3. The van der Waals surface area contributed by atoms with Crippen molar-refractivity contribution >= 4 is 11.6 Å². The Morgan fingerprint density at radius 2 is 1.67 bits per heavy atom. The fourth-order valence-corrected chi connectivity index (χ4v) is 1.80. The Morgan fingerprint density at radius 3 is 2.22 bits per heavy atom. The summed E-state index contributed by atoms with van der Waals surface area (Å²) < 4.78 is 26.3. The number of hydrogen-bond acceptors (Lipinski definition) is 2. The summed E-state index contributed by atoms with van der Waals surface area (Å²) in [6, 6.07) is 7.60. The number of carbonyl (C=O) groups is 1. The Morgan fingerprint density at radius 1 is 1.06 bits per heavy atom. The topological polar surface area (TPSA) is 69.1 Å². The van der Waals surface area contributed by atoms with Crippen molar-refractivity contribution < 1.29 is 13.6 Å². The van der Waals surface area contributed by atoms with Crippen LogP contribution in [0.5, 0.6) is 0 Å². The Bertz CT molecular complexity index is 606. The first-order valence-electron chi connectivity index (χ1n) is 5.14. The zero-order chi connectivity index (χ0) is 13.3. The highest BCUT2D eigenvalue weighted by molar-refractivity contribution is 6.04. The lowest BCUT2D eigenvalue weighted by molar-refractivity contribution is 0.100. The standard InChI is InChI=1S/C13H10F2N2O/c14-8-4-7(5-9(15)6-8)10-2-1-3-11(16)12(10)13(17)18/h1-6H,16H2,(H2,17,18). The van der Waals surface area contributed by atoms with Gasteiger partial charge in [0, 0.05) is 11.8 Å². The Hall–Kier alpha value is -2.43. The van der Waals surface area contributed by atoms with E-state index in [1.807, 2.05) is 0 Å². The summed E-state index contributed by atoms with van der Waals surface area (Å²) in [6.45, 7) is 0. The predicted molar refractivity (Wildman–Crippen MR) is 64.7 cm³/mol. The molecule has 0 aromatic heterocycles. The third-order valence-electron chi connectivity index (χ3n) is 2.52. The predicted octanol–water partition coefficient (Wildman–Crippen LogP) is 2.31. The number of carbonyl (C=O) groups excluding carboxylic acids is 1. The van der Waals surface area contributed by atoms with E-state index < -0.39 is 17.5 Å². The monoisotopic (exact) mass is 248 g/mol. The molecule has 2 rings (SSSR count). The van der Waals surface area contributed by atoms with Crippen LogP contribution in [0.1, 0.15) is 10.4 Å². The van der Waals surface area contributed by atoms with Gasteiger partial charge in [0.2, 0.25) is 0 Å². The zero-order valence-corrected chi connectivity index (χ0v) is 9.28. The van der Waals surface area contributed by atoms with E-state index in [-0.39, 0.29) is 16.8 Å². The highest BCUT2D eigenvalue weighted by atomic mass is 19.1. The molecule has 18 heavy (non-hydrogen) atoms. The average Bonchev–Trinajstić information content (AvgIpc) is 2.26. The molecule has 0 heterocycles. The molecule has 0 aliphatic heterocycles. The van der Waals surface area contributed by atoms with Gasteiger partial charge in [-0.25, -0.2) is 8.78 Å². The van der Waals surface area contributed by atoms with E-state index in [1.54, 1.807) is 6.07 Å². The van der Waals surface area contributed by atoms with Crippen LogP contribution in [0, 0.1) is 11.6 Å². The summed E-state index contributed by atoms with van der Waals surface area (Å²) in [5.74, 6) is -2.21. The van der Waals surface area contributed by atoms with Crippen molar-refractivity contribution in [1.82, 2.24) is 0 Å². The molecule has 0 unspecified atom stereocenters. The van der Waals surface area contributed by atoms with Crippen LogP contribution in [-0.2, 0) is 0 Å². The van der Waals surface area contributed by atoms with E-state index in [4.69, 9.17) is 11.5 Å². The lowest BCUT2D eigenvalue weighted by Gasteiger charge is -2.09. The number of halogens is 2. The number of amides is 1. The van der Waals surface area contributed by atoms with Gasteiger partial charge in [-0.3, -0.25) is 4.79 Å². The van der Waals surface area contributed by atoms with E-state index in [0.29, 0.717) is 5.56 Å². The van der Waals surface area contributed by atoms with Crippen LogP contribution in [0.15, 0.2) is 36.4 Å². The van der Waals surface area contributed by atoms with E-state index >= 15 is 0 Å². The molecule has 2 aromatic carbocycles. The highest BCUT2D eigenvalue weighted by Gasteiger charge is 2.14. The zero-order valence-electron chi connectivity index (χ0n) is 9.28. The summed E-state index contributed by atoms with van der Waals surface area (Å²) >= 11 is 0. The molecule has 3 nitrogen and oxygen atoms in total. The first-order chi connectivity index (χ1) is 8.49. The van der Waals surface area contributed by atoms with Gasteiger partial charge >= 0.3 is 0 Å². The average molecular weight is 248 g/mol. The molecule has 0 fully saturated rings. The van der Waals surface area contributed by atoms with Crippen molar-refractivity contribution in [3.63, 3.8) is 0 Å². The molecule has 0 saturated carbocycles. The number of primary amides is 1. The minimum atomic E-state index is -0.743. The number of nitrogens with two attached hydrogens (primary N) is 2. The molecule has 4 N–H and O–H groups in total. The molecule has 0 spiro atoms. The van der Waals surface area contributed by atoms with Crippen molar-refractivity contribution in [2.45, 2.75) is 0 Å². The molecular weight excluding hydrogens is 238 g/mol. The second-order valence-corrected chi connectivity index (χ2v) is 3.79. The lowest BCUT2D eigenvalue weighted by Crippen LogP contribution is -2.15. The van der Waals surface area contributed by atoms with Crippen LogP contribution < -0.4 is 11.5 Å². The van der Waals surface area contributed by atoms with Crippen LogP contribution in [0.25, 0.3) is 11.1 Å². The first kappa shape index (κ1) is 12.0. The van der Waals surface area contributed by atoms with Gasteiger partial charge in [0.05, 0.1) is 5.56 Å². The minimum absolute atomic E-state index is 0.0579. The largest absolute Gasteiger partial charge is 0.398 e. The van der Waals surface area contributed by atoms with Crippen LogP contribution in [0.3, 0.4) is 0 Å². The first-order valence-corrected chi connectivity index (χ1v) is 5.14. The summed E-state index contributed by atoms with van der Waals surface area (Å²) in [7, 11) is 0. The quantitative estimate of drug-likeness (QED) is 0.801. The molecule has 0 atom stereocenters. The maximum atomic E-state index is 13.2. The Kier molecular flexibility index (Phi) is 2.97. The second kappa shape index (κ2) is 4.44. The Balaban J connectivity index is 2.71. The number of anilines is 1. The van der Waals surface area contributed by atoms with Crippen LogP contribution in [0.4, 0.5) is 14.5 Å². The van der Waals surface area contributed by atoms with Crippen LogP contribution in [0.2, 0.25) is 0 Å². The third-order valence-corrected chi connectivity index (χ3v) is 2.52. The van der Waals surface area contributed by atoms with Crippen molar-refractivity contribution in [3.8, 4) is 11.1 Å². The molecule has 0 radical (unpaired) electrons. The molecule has 0 bridgehead atoms. The van der Waals surface area contributed by atoms with Gasteiger partial charge in [0.15, 0.2) is 0 Å². The number of benzene rings is 2. The van der Waals surface area contributed by atoms with Crippen LogP contribution in [-0.4, -0.2) is 5.91 Å². The molecule has 1 amide bonds. The minimum Gasteiger partial charge on any atom is -0.398 e. The van der Waals surface area contributed by atoms with Crippen molar-refractivity contribution in [3.05, 3.63) is 53.6 Å². The normalized spacial score (nSPS) is 10.3. The fraction of sp³-hybridized carbons (Fsp3) is 0. The number of hydrogen-bond donors (Lipinski definition) is 2. The van der Waals surface area contributed by atoms with Gasteiger partial charge in [-0.1, -0.05) is 12.1 Å². The highest BCUT2D eigenvalue weighted by Crippen LogP contribution is 2.28. The summed E-state index contributed by atoms with van der Waals surface area (Å²) in [6.07, 6.45) is 0. The third kappa shape index (κ3) is 2.15. The van der Waals surface area contributed by atoms with Gasteiger partial charge in [-0.15, -0.1) is 0 Å². The van der Waals surface area contributed by atoms with E-state index in [9.17, 15) is 13.6 Å². The SMILES string of the molecule is NC(=O)c1c(N)cccc1-c1cc(F)cc(F)c1.